The molecule has 0 fully saturated rings. The summed E-state index contributed by atoms with van der Waals surface area (Å²) in [6.07, 6.45) is 2.45. The van der Waals surface area contributed by atoms with Gasteiger partial charge in [0.15, 0.2) is 5.82 Å². The fourth-order valence-electron chi connectivity index (χ4n) is 3.43. The van der Waals surface area contributed by atoms with Crippen LogP contribution in [-0.2, 0) is 17.6 Å². The fraction of sp³-hybridized carbons (Fsp3) is 0.292. The number of fused-ring (bicyclic) bond motifs is 1. The van der Waals surface area contributed by atoms with E-state index < -0.39 is 17.7 Å². The van der Waals surface area contributed by atoms with E-state index in [0.717, 1.165) is 22.0 Å². The van der Waals surface area contributed by atoms with E-state index in [1.54, 1.807) is 0 Å². The quantitative estimate of drug-likeness (QED) is 0.462. The molecule has 0 aliphatic carbocycles. The molecule has 0 aliphatic heterocycles. The van der Waals surface area contributed by atoms with E-state index in [4.69, 9.17) is 9.26 Å². The number of aromatic amines is 1. The highest BCUT2D eigenvalue weighted by Gasteiger charge is 2.26. The van der Waals surface area contributed by atoms with Crippen LogP contribution < -0.4 is 5.32 Å². The van der Waals surface area contributed by atoms with Gasteiger partial charge >= 0.3 is 6.09 Å². The van der Waals surface area contributed by atoms with Crippen molar-refractivity contribution in [1.29, 1.82) is 0 Å². The van der Waals surface area contributed by atoms with E-state index >= 15 is 0 Å². The predicted octanol–water partition coefficient (Wildman–Crippen LogP) is 4.95. The van der Waals surface area contributed by atoms with Crippen LogP contribution in [-0.4, -0.2) is 26.8 Å². The number of carbonyl (C=O) groups is 1. The number of H-pyrrole nitrogens is 1. The molecule has 1 atom stereocenters. The molecule has 7 heteroatoms. The minimum absolute atomic E-state index is 0.349. The Balaban J connectivity index is 1.58. The van der Waals surface area contributed by atoms with Gasteiger partial charge in [0.05, 0.1) is 0 Å². The first-order valence-electron chi connectivity index (χ1n) is 10.3. The summed E-state index contributed by atoms with van der Waals surface area (Å²) in [6, 6.07) is 17.4. The first-order valence-corrected chi connectivity index (χ1v) is 10.3. The molecule has 0 aliphatic rings. The van der Waals surface area contributed by atoms with Crippen molar-refractivity contribution >= 4 is 17.0 Å². The maximum Gasteiger partial charge on any atom is 0.408 e. The molecule has 2 aromatic carbocycles. The maximum absolute atomic E-state index is 12.5. The Morgan fingerprint density at radius 1 is 1.13 bits per heavy atom. The Kier molecular flexibility index (Phi) is 5.75. The number of carbonyl (C=O) groups excluding carboxylic acids is 1. The van der Waals surface area contributed by atoms with E-state index in [-0.39, 0.29) is 0 Å². The molecule has 7 nitrogen and oxygen atoms in total. The van der Waals surface area contributed by atoms with Gasteiger partial charge in [-0.05, 0) is 38.0 Å². The summed E-state index contributed by atoms with van der Waals surface area (Å²) in [5, 5.41) is 8.10. The molecule has 4 rings (SSSR count). The van der Waals surface area contributed by atoms with E-state index in [9.17, 15) is 4.79 Å². The van der Waals surface area contributed by atoms with Gasteiger partial charge < -0.3 is 19.6 Å². The van der Waals surface area contributed by atoms with Gasteiger partial charge in [0, 0.05) is 29.9 Å². The molecule has 31 heavy (non-hydrogen) atoms. The number of nitrogens with one attached hydrogen (secondary N) is 2. The lowest BCUT2D eigenvalue weighted by Gasteiger charge is -2.22. The number of nitrogens with zero attached hydrogens (tertiary/aromatic N) is 2. The average molecular weight is 418 g/mol. The summed E-state index contributed by atoms with van der Waals surface area (Å²) < 4.78 is 11.0. The van der Waals surface area contributed by atoms with Crippen molar-refractivity contribution in [2.45, 2.75) is 45.3 Å². The molecule has 0 spiro atoms. The summed E-state index contributed by atoms with van der Waals surface area (Å²) in [4.78, 5) is 20.3. The van der Waals surface area contributed by atoms with Gasteiger partial charge in [-0.15, -0.1) is 0 Å². The molecule has 2 heterocycles. The molecule has 160 valence electrons. The molecule has 2 aromatic heterocycles. The molecular weight excluding hydrogens is 392 g/mol. The molecule has 2 N–H and O–H groups in total. The lowest BCUT2D eigenvalue weighted by molar-refractivity contribution is 0.0493. The summed E-state index contributed by atoms with van der Waals surface area (Å²) in [5.74, 6) is 0.915. The zero-order valence-corrected chi connectivity index (χ0v) is 17.9. The number of amides is 1. The second kappa shape index (κ2) is 8.63. The van der Waals surface area contributed by atoms with Gasteiger partial charge in [-0.3, -0.25) is 0 Å². The second-order valence-corrected chi connectivity index (χ2v) is 8.47. The van der Waals surface area contributed by atoms with Crippen LogP contribution in [0.4, 0.5) is 4.79 Å². The lowest BCUT2D eigenvalue weighted by Crippen LogP contribution is -2.36. The molecular formula is C24H26N4O3. The summed E-state index contributed by atoms with van der Waals surface area (Å²) >= 11 is 0. The first kappa shape index (κ1) is 20.7. The van der Waals surface area contributed by atoms with Gasteiger partial charge in [0.1, 0.15) is 11.6 Å². The molecule has 4 aromatic rings. The molecule has 0 bridgehead atoms. The molecule has 0 saturated heterocycles. The van der Waals surface area contributed by atoms with Crippen molar-refractivity contribution in [3.63, 3.8) is 0 Å². The highest BCUT2D eigenvalue weighted by molar-refractivity contribution is 5.83. The van der Waals surface area contributed by atoms with Crippen LogP contribution in [0.2, 0.25) is 0 Å². The van der Waals surface area contributed by atoms with Gasteiger partial charge in [-0.2, -0.15) is 4.98 Å². The zero-order chi connectivity index (χ0) is 21.8. The third kappa shape index (κ3) is 5.31. The number of ether oxygens (including phenoxy) is 1. The number of hydrogen-bond acceptors (Lipinski definition) is 5. The largest absolute Gasteiger partial charge is 0.444 e. The van der Waals surface area contributed by atoms with Crippen molar-refractivity contribution in [1.82, 2.24) is 20.4 Å². The molecule has 0 saturated carbocycles. The second-order valence-electron chi connectivity index (χ2n) is 8.47. The highest BCUT2D eigenvalue weighted by atomic mass is 16.6. The Hall–Kier alpha value is -3.61. The van der Waals surface area contributed by atoms with Crippen LogP contribution in [0.3, 0.4) is 0 Å². The van der Waals surface area contributed by atoms with Gasteiger partial charge in [0.2, 0.25) is 5.89 Å². The summed E-state index contributed by atoms with van der Waals surface area (Å²) in [7, 11) is 0. The third-order valence-electron chi connectivity index (χ3n) is 4.78. The Labute approximate surface area is 180 Å². The maximum atomic E-state index is 12.5. The topological polar surface area (TPSA) is 93.0 Å². The third-order valence-corrected chi connectivity index (χ3v) is 4.78. The van der Waals surface area contributed by atoms with Gasteiger partial charge in [-0.1, -0.05) is 53.7 Å². The lowest BCUT2D eigenvalue weighted by atomic mass is 10.0. The number of rotatable bonds is 6. The van der Waals surface area contributed by atoms with E-state index in [2.05, 4.69) is 20.4 Å². The van der Waals surface area contributed by atoms with Gasteiger partial charge in [-0.25, -0.2) is 4.79 Å². The molecule has 0 radical (unpaired) electrons. The SMILES string of the molecule is CC(C)(C)OC(=O)N[C@@H](Cc1c[nH]c2ccccc12)c1nc(Cc2ccccc2)no1. The number of hydrogen-bond donors (Lipinski definition) is 2. The fourth-order valence-corrected chi connectivity index (χ4v) is 3.43. The van der Waals surface area contributed by atoms with Crippen LogP contribution in [0.15, 0.2) is 65.3 Å². The van der Waals surface area contributed by atoms with Crippen molar-refractivity contribution in [3.05, 3.63) is 83.6 Å². The van der Waals surface area contributed by atoms with Crippen LogP contribution in [0.25, 0.3) is 10.9 Å². The number of para-hydroxylation sites is 1. The minimum atomic E-state index is -0.608. The van der Waals surface area contributed by atoms with Gasteiger partial charge in [0.25, 0.3) is 0 Å². The first-order chi connectivity index (χ1) is 14.9. The summed E-state index contributed by atoms with van der Waals surface area (Å²) in [6.45, 7) is 5.48. The van der Waals surface area contributed by atoms with Crippen LogP contribution in [0.1, 0.15) is 49.7 Å². The van der Waals surface area contributed by atoms with Crippen LogP contribution >= 0.6 is 0 Å². The van der Waals surface area contributed by atoms with Crippen LogP contribution in [0.5, 0.6) is 0 Å². The summed E-state index contributed by atoms with van der Waals surface area (Å²) in [5.41, 5.74) is 2.55. The normalized spacial score (nSPS) is 12.6. The average Bonchev–Trinajstić information content (AvgIpc) is 3.34. The number of benzene rings is 2. The Morgan fingerprint density at radius 2 is 1.87 bits per heavy atom. The van der Waals surface area contributed by atoms with E-state index in [1.165, 1.54) is 0 Å². The van der Waals surface area contributed by atoms with Crippen molar-refractivity contribution in [2.75, 3.05) is 0 Å². The highest BCUT2D eigenvalue weighted by Crippen LogP contribution is 2.25. The van der Waals surface area contributed by atoms with E-state index in [0.29, 0.717) is 24.6 Å². The number of alkyl carbamates (subject to hydrolysis) is 1. The zero-order valence-electron chi connectivity index (χ0n) is 17.9. The predicted molar refractivity (Wildman–Crippen MR) is 118 cm³/mol. The number of aromatic nitrogens is 3. The smallest absolute Gasteiger partial charge is 0.408 e. The molecule has 0 unspecified atom stereocenters. The monoisotopic (exact) mass is 418 g/mol. The van der Waals surface area contributed by atoms with Crippen molar-refractivity contribution in [3.8, 4) is 0 Å². The van der Waals surface area contributed by atoms with E-state index in [1.807, 2.05) is 81.6 Å². The van der Waals surface area contributed by atoms with Crippen molar-refractivity contribution in [2.24, 2.45) is 0 Å². The van der Waals surface area contributed by atoms with Crippen molar-refractivity contribution < 1.29 is 14.1 Å². The minimum Gasteiger partial charge on any atom is -0.444 e. The Morgan fingerprint density at radius 3 is 2.65 bits per heavy atom. The Bertz CT molecular complexity index is 1160. The standard InChI is InChI=1S/C24H26N4O3/c1-24(2,3)30-23(29)26-20(14-17-15-25-19-12-8-7-11-18(17)19)22-27-21(28-31-22)13-16-9-5-4-6-10-16/h4-12,15,20,25H,13-14H2,1-3H3,(H,26,29)/t20-/m0/s1. The van der Waals surface area contributed by atoms with Crippen LogP contribution in [0, 0.1) is 0 Å². The molecule has 1 amide bonds.